The Morgan fingerprint density at radius 3 is 2.78 bits per heavy atom. The molecule has 0 aliphatic carbocycles. The molecule has 1 aromatic heterocycles. The molecule has 3 rings (SSSR count). The lowest BCUT2D eigenvalue weighted by Gasteiger charge is -1.97. The number of para-hydroxylation sites is 1. The summed E-state index contributed by atoms with van der Waals surface area (Å²) in [6, 6.07) is 13.1. The number of fused-ring (bicyclic) bond motifs is 1. The van der Waals surface area contributed by atoms with Crippen LogP contribution in [0.1, 0.15) is 10.4 Å². The third kappa shape index (κ3) is 2.80. The van der Waals surface area contributed by atoms with Crippen LogP contribution in [-0.4, -0.2) is 20.6 Å². The average Bonchev–Trinajstić information content (AvgIpc) is 2.90. The van der Waals surface area contributed by atoms with Crippen LogP contribution in [0, 0.1) is 10.1 Å². The molecule has 0 unspecified atom stereocenters. The Morgan fingerprint density at radius 1 is 1.22 bits per heavy atom. The van der Waals surface area contributed by atoms with Crippen LogP contribution in [0.2, 0.25) is 0 Å². The molecule has 23 heavy (non-hydrogen) atoms. The standard InChI is InChI=1S/C16H12N4O3/c17-16-13-6-1-2-7-14(13)19(18-16)15(21)9-8-11-4-3-5-12(10-11)20(22)23/h1-10H,(H2,17,18). The number of non-ortho nitro benzene ring substituents is 1. The maximum Gasteiger partial charge on any atom is 0.271 e. The van der Waals surface area contributed by atoms with Crippen LogP contribution in [0.15, 0.2) is 54.6 Å². The van der Waals surface area contributed by atoms with Gasteiger partial charge in [-0.15, -0.1) is 5.10 Å². The number of benzene rings is 2. The second-order valence-corrected chi connectivity index (χ2v) is 4.84. The van der Waals surface area contributed by atoms with Gasteiger partial charge in [0.25, 0.3) is 11.6 Å². The summed E-state index contributed by atoms with van der Waals surface area (Å²) >= 11 is 0. The number of nitrogens with two attached hydrogens (primary N) is 1. The van der Waals surface area contributed by atoms with Crippen molar-refractivity contribution >= 4 is 34.4 Å². The van der Waals surface area contributed by atoms with E-state index in [-0.39, 0.29) is 17.4 Å². The molecule has 7 nitrogen and oxygen atoms in total. The zero-order valence-electron chi connectivity index (χ0n) is 11.9. The molecule has 2 aromatic carbocycles. The first kappa shape index (κ1) is 14.5. The highest BCUT2D eigenvalue weighted by molar-refractivity contribution is 6.02. The van der Waals surface area contributed by atoms with Crippen molar-refractivity contribution in [1.82, 2.24) is 9.78 Å². The predicted molar refractivity (Wildman–Crippen MR) is 86.9 cm³/mol. The summed E-state index contributed by atoms with van der Waals surface area (Å²) in [5.74, 6) is -0.109. The maximum atomic E-state index is 12.3. The van der Waals surface area contributed by atoms with E-state index < -0.39 is 4.92 Å². The van der Waals surface area contributed by atoms with Crippen LogP contribution in [-0.2, 0) is 0 Å². The zero-order chi connectivity index (χ0) is 16.4. The third-order valence-corrected chi connectivity index (χ3v) is 3.32. The van der Waals surface area contributed by atoms with E-state index in [9.17, 15) is 14.9 Å². The predicted octanol–water partition coefficient (Wildman–Crippen LogP) is 2.88. The van der Waals surface area contributed by atoms with Gasteiger partial charge in [0.15, 0.2) is 5.82 Å². The highest BCUT2D eigenvalue weighted by Gasteiger charge is 2.11. The van der Waals surface area contributed by atoms with Crippen molar-refractivity contribution in [2.45, 2.75) is 0 Å². The van der Waals surface area contributed by atoms with Crippen LogP contribution >= 0.6 is 0 Å². The fourth-order valence-electron chi connectivity index (χ4n) is 2.24. The number of hydrogen-bond donors (Lipinski definition) is 1. The summed E-state index contributed by atoms with van der Waals surface area (Å²) in [4.78, 5) is 22.6. The topological polar surface area (TPSA) is 104 Å². The van der Waals surface area contributed by atoms with Crippen molar-refractivity contribution in [3.05, 3.63) is 70.3 Å². The van der Waals surface area contributed by atoms with Gasteiger partial charge in [0.1, 0.15) is 0 Å². The molecule has 0 atom stereocenters. The Kier molecular flexibility index (Phi) is 3.60. The van der Waals surface area contributed by atoms with Gasteiger partial charge >= 0.3 is 0 Å². The molecule has 7 heteroatoms. The van der Waals surface area contributed by atoms with Crippen molar-refractivity contribution in [2.75, 3.05) is 5.73 Å². The van der Waals surface area contributed by atoms with E-state index in [2.05, 4.69) is 5.10 Å². The lowest BCUT2D eigenvalue weighted by Crippen LogP contribution is -2.09. The molecule has 0 spiro atoms. The summed E-state index contributed by atoms with van der Waals surface area (Å²) in [5, 5.41) is 15.5. The second kappa shape index (κ2) is 5.72. The Balaban J connectivity index is 1.92. The van der Waals surface area contributed by atoms with E-state index >= 15 is 0 Å². The molecular weight excluding hydrogens is 296 g/mol. The SMILES string of the molecule is Nc1nn(C(=O)C=Cc2cccc([N+](=O)[O-])c2)c2ccccc12. The van der Waals surface area contributed by atoms with Crippen LogP contribution in [0.5, 0.6) is 0 Å². The lowest BCUT2D eigenvalue weighted by molar-refractivity contribution is -0.384. The molecule has 0 saturated carbocycles. The van der Waals surface area contributed by atoms with E-state index in [4.69, 9.17) is 5.73 Å². The van der Waals surface area contributed by atoms with E-state index in [0.717, 1.165) is 0 Å². The first-order chi connectivity index (χ1) is 11.1. The number of carbonyl (C=O) groups excluding carboxylic acids is 1. The Bertz CT molecular complexity index is 943. The number of hydrogen-bond acceptors (Lipinski definition) is 5. The van der Waals surface area contributed by atoms with Gasteiger partial charge < -0.3 is 5.73 Å². The quantitative estimate of drug-likeness (QED) is 0.455. The van der Waals surface area contributed by atoms with E-state index in [1.165, 1.54) is 29.0 Å². The van der Waals surface area contributed by atoms with Crippen molar-refractivity contribution in [3.63, 3.8) is 0 Å². The number of carbonyl (C=O) groups is 1. The highest BCUT2D eigenvalue weighted by Crippen LogP contribution is 2.20. The van der Waals surface area contributed by atoms with Gasteiger partial charge in [-0.3, -0.25) is 14.9 Å². The minimum Gasteiger partial charge on any atom is -0.382 e. The highest BCUT2D eigenvalue weighted by atomic mass is 16.6. The molecule has 3 aromatic rings. The number of aromatic nitrogens is 2. The molecule has 0 fully saturated rings. The van der Waals surface area contributed by atoms with Crippen LogP contribution in [0.25, 0.3) is 17.0 Å². The lowest BCUT2D eigenvalue weighted by atomic mass is 10.2. The third-order valence-electron chi connectivity index (χ3n) is 3.32. The van der Waals surface area contributed by atoms with Gasteiger partial charge in [-0.25, -0.2) is 0 Å². The van der Waals surface area contributed by atoms with Gasteiger partial charge in [0.2, 0.25) is 0 Å². The maximum absolute atomic E-state index is 12.3. The first-order valence-corrected chi connectivity index (χ1v) is 6.76. The van der Waals surface area contributed by atoms with Crippen molar-refractivity contribution < 1.29 is 9.72 Å². The molecular formula is C16H12N4O3. The number of nitrogens with zero attached hydrogens (tertiary/aromatic N) is 3. The van der Waals surface area contributed by atoms with E-state index in [0.29, 0.717) is 16.5 Å². The van der Waals surface area contributed by atoms with Gasteiger partial charge in [-0.2, -0.15) is 4.68 Å². The normalized spacial score (nSPS) is 11.1. The van der Waals surface area contributed by atoms with Crippen LogP contribution < -0.4 is 5.73 Å². The summed E-state index contributed by atoms with van der Waals surface area (Å²) in [6.45, 7) is 0. The monoisotopic (exact) mass is 308 g/mol. The van der Waals surface area contributed by atoms with Crippen LogP contribution in [0.3, 0.4) is 0 Å². The Morgan fingerprint density at radius 2 is 2.00 bits per heavy atom. The molecule has 1 heterocycles. The zero-order valence-corrected chi connectivity index (χ0v) is 11.9. The number of anilines is 1. The molecule has 0 radical (unpaired) electrons. The van der Waals surface area contributed by atoms with Crippen molar-refractivity contribution in [3.8, 4) is 0 Å². The fraction of sp³-hybridized carbons (Fsp3) is 0. The summed E-state index contributed by atoms with van der Waals surface area (Å²) < 4.78 is 1.21. The van der Waals surface area contributed by atoms with Crippen LogP contribution in [0.4, 0.5) is 11.5 Å². The Hall–Kier alpha value is -3.48. The number of nitro benzene ring substituents is 1. The van der Waals surface area contributed by atoms with Gasteiger partial charge in [-0.05, 0) is 23.8 Å². The molecule has 0 saturated heterocycles. The molecule has 0 bridgehead atoms. The fourth-order valence-corrected chi connectivity index (χ4v) is 2.24. The van der Waals surface area contributed by atoms with Crippen molar-refractivity contribution in [2.24, 2.45) is 0 Å². The first-order valence-electron chi connectivity index (χ1n) is 6.76. The minimum absolute atomic E-state index is 0.0339. The van der Waals surface area contributed by atoms with E-state index in [1.54, 1.807) is 30.3 Å². The van der Waals surface area contributed by atoms with E-state index in [1.807, 2.05) is 6.07 Å². The minimum atomic E-state index is -0.485. The van der Waals surface area contributed by atoms with Gasteiger partial charge in [0, 0.05) is 23.6 Å². The van der Waals surface area contributed by atoms with Gasteiger partial charge in [0.05, 0.1) is 10.4 Å². The summed E-state index contributed by atoms with van der Waals surface area (Å²) in [5.41, 5.74) is 6.92. The molecule has 114 valence electrons. The number of allylic oxidation sites excluding steroid dienone is 1. The van der Waals surface area contributed by atoms with Gasteiger partial charge in [-0.1, -0.05) is 24.3 Å². The molecule has 0 amide bonds. The average molecular weight is 308 g/mol. The number of nitrogen functional groups attached to an aromatic ring is 1. The summed E-state index contributed by atoms with van der Waals surface area (Å²) in [6.07, 6.45) is 2.81. The smallest absolute Gasteiger partial charge is 0.271 e. The molecule has 0 aliphatic rings. The number of rotatable bonds is 3. The van der Waals surface area contributed by atoms with Crippen molar-refractivity contribution in [1.29, 1.82) is 0 Å². The largest absolute Gasteiger partial charge is 0.382 e. The Labute approximate surface area is 130 Å². The molecule has 2 N–H and O–H groups in total. The molecule has 0 aliphatic heterocycles. The number of nitro groups is 1. The summed E-state index contributed by atoms with van der Waals surface area (Å²) in [7, 11) is 0. The second-order valence-electron chi connectivity index (χ2n) is 4.84.